The molecule has 0 bridgehead atoms. The number of rotatable bonds is 3. The van der Waals surface area contributed by atoms with Gasteiger partial charge in [0, 0.05) is 10.9 Å². The van der Waals surface area contributed by atoms with E-state index in [4.69, 9.17) is 11.6 Å². The van der Waals surface area contributed by atoms with E-state index in [1.54, 1.807) is 0 Å². The maximum absolute atomic E-state index is 13.5. The molecular formula is C17H10ClFN2O2S. The van der Waals surface area contributed by atoms with E-state index in [2.05, 4.69) is 0 Å². The zero-order chi connectivity index (χ0) is 17.5. The van der Waals surface area contributed by atoms with Crippen LogP contribution in [0.1, 0.15) is 11.5 Å². The topological polar surface area (TPSA) is 81.7 Å². The van der Waals surface area contributed by atoms with Gasteiger partial charge in [0.2, 0.25) is 0 Å². The second kappa shape index (κ2) is 5.59. The Morgan fingerprint density at radius 3 is 2.25 bits per heavy atom. The molecule has 2 aromatic carbocycles. The minimum Gasteiger partial charge on any atom is -0.223 e. The molecule has 4 nitrogen and oxygen atoms in total. The Hall–Kier alpha value is -2.41. The monoisotopic (exact) mass is 360 g/mol. The van der Waals surface area contributed by atoms with E-state index in [1.807, 2.05) is 12.1 Å². The van der Waals surface area contributed by atoms with Gasteiger partial charge in [0.15, 0.2) is 15.3 Å². The van der Waals surface area contributed by atoms with Crippen molar-refractivity contribution in [3.05, 3.63) is 64.9 Å². The van der Waals surface area contributed by atoms with Gasteiger partial charge in [-0.15, -0.1) is 0 Å². The van der Waals surface area contributed by atoms with Crippen LogP contribution in [0.15, 0.2) is 53.4 Å². The van der Waals surface area contributed by atoms with Crippen molar-refractivity contribution < 1.29 is 12.8 Å². The summed E-state index contributed by atoms with van der Waals surface area (Å²) in [6.45, 7) is 0. The molecule has 0 N–H and O–H groups in total. The minimum absolute atomic E-state index is 0.0225. The zero-order valence-corrected chi connectivity index (χ0v) is 13.7. The van der Waals surface area contributed by atoms with Crippen molar-refractivity contribution in [3.8, 4) is 12.1 Å². The highest BCUT2D eigenvalue weighted by Gasteiger charge is 2.73. The standard InChI is InChI=1S/C17H10ClFN2O2S/c18-12-4-6-14(7-5-12)24(22,23)16-15(17(16,9-20)10-21)11-2-1-3-13(19)8-11/h1-8,15-16H/t15-,16+/m1/s1. The molecule has 7 heteroatoms. The van der Waals surface area contributed by atoms with Gasteiger partial charge >= 0.3 is 0 Å². The van der Waals surface area contributed by atoms with E-state index < -0.39 is 32.2 Å². The summed E-state index contributed by atoms with van der Waals surface area (Å²) in [6, 6.07) is 14.5. The summed E-state index contributed by atoms with van der Waals surface area (Å²) < 4.78 is 39.2. The quantitative estimate of drug-likeness (QED) is 0.839. The molecule has 24 heavy (non-hydrogen) atoms. The summed E-state index contributed by atoms with van der Waals surface area (Å²) in [5.74, 6) is -1.45. The second-order valence-corrected chi connectivity index (χ2v) is 8.05. The SMILES string of the molecule is N#CC1(C#N)[C@H](c2cccc(F)c2)[C@@H]1S(=O)(=O)c1ccc(Cl)cc1. The lowest BCUT2D eigenvalue weighted by Gasteiger charge is -2.04. The fourth-order valence-electron chi connectivity index (χ4n) is 2.98. The largest absolute Gasteiger partial charge is 0.223 e. The smallest absolute Gasteiger partial charge is 0.184 e. The zero-order valence-electron chi connectivity index (χ0n) is 12.1. The van der Waals surface area contributed by atoms with Crippen LogP contribution in [0.3, 0.4) is 0 Å². The van der Waals surface area contributed by atoms with Gasteiger partial charge in [0.05, 0.1) is 17.0 Å². The molecule has 120 valence electrons. The van der Waals surface area contributed by atoms with Crippen LogP contribution in [0, 0.1) is 33.9 Å². The molecule has 2 atom stereocenters. The average molecular weight is 361 g/mol. The third-order valence-electron chi connectivity index (χ3n) is 4.19. The molecule has 0 saturated heterocycles. The molecule has 0 amide bonds. The van der Waals surface area contributed by atoms with Gasteiger partial charge in [-0.25, -0.2) is 12.8 Å². The third-order valence-corrected chi connectivity index (χ3v) is 6.68. The molecule has 1 saturated carbocycles. The molecule has 2 aromatic rings. The first-order valence-corrected chi connectivity index (χ1v) is 8.86. The molecule has 0 aromatic heterocycles. The fourth-order valence-corrected chi connectivity index (χ4v) is 5.31. The first kappa shape index (κ1) is 16.4. The summed E-state index contributed by atoms with van der Waals surface area (Å²) in [5, 5.41) is 18.0. The number of nitriles is 2. The third kappa shape index (κ3) is 2.36. The van der Waals surface area contributed by atoms with E-state index in [9.17, 15) is 23.3 Å². The first-order chi connectivity index (χ1) is 11.4. The lowest BCUT2D eigenvalue weighted by molar-refractivity contribution is 0.591. The Balaban J connectivity index is 2.11. The average Bonchev–Trinajstić information content (AvgIpc) is 3.26. The van der Waals surface area contributed by atoms with Crippen molar-refractivity contribution in [2.24, 2.45) is 5.41 Å². The minimum atomic E-state index is -3.95. The van der Waals surface area contributed by atoms with E-state index in [1.165, 1.54) is 42.5 Å². The Morgan fingerprint density at radius 2 is 1.71 bits per heavy atom. The van der Waals surface area contributed by atoms with Crippen molar-refractivity contribution in [2.45, 2.75) is 16.1 Å². The van der Waals surface area contributed by atoms with Gasteiger partial charge in [-0.05, 0) is 42.0 Å². The molecule has 3 rings (SSSR count). The predicted molar refractivity (Wildman–Crippen MR) is 85.2 cm³/mol. The molecule has 0 spiro atoms. The van der Waals surface area contributed by atoms with Crippen LogP contribution in [-0.4, -0.2) is 13.7 Å². The van der Waals surface area contributed by atoms with E-state index in [0.717, 1.165) is 6.07 Å². The second-order valence-electron chi connectivity index (χ2n) is 5.54. The van der Waals surface area contributed by atoms with Crippen molar-refractivity contribution in [2.75, 3.05) is 0 Å². The Labute approximate surface area is 143 Å². The van der Waals surface area contributed by atoms with Gasteiger partial charge in [-0.2, -0.15) is 10.5 Å². The van der Waals surface area contributed by atoms with Crippen molar-refractivity contribution >= 4 is 21.4 Å². The molecule has 0 unspecified atom stereocenters. The summed E-state index contributed by atoms with van der Waals surface area (Å²) in [5.41, 5.74) is -1.41. The summed E-state index contributed by atoms with van der Waals surface area (Å²) in [6.07, 6.45) is 0. The van der Waals surface area contributed by atoms with E-state index >= 15 is 0 Å². The predicted octanol–water partition coefficient (Wildman–Crippen LogP) is 3.45. The molecule has 0 radical (unpaired) electrons. The van der Waals surface area contributed by atoms with Crippen LogP contribution in [0.25, 0.3) is 0 Å². The normalized spacial score (nSPS) is 21.5. The van der Waals surface area contributed by atoms with Crippen LogP contribution in [0.5, 0.6) is 0 Å². The molecule has 1 aliphatic rings. The van der Waals surface area contributed by atoms with Crippen LogP contribution < -0.4 is 0 Å². The highest BCUT2D eigenvalue weighted by molar-refractivity contribution is 7.92. The number of hydrogen-bond acceptors (Lipinski definition) is 4. The summed E-state index contributed by atoms with van der Waals surface area (Å²) in [4.78, 5) is -0.0225. The highest BCUT2D eigenvalue weighted by atomic mass is 35.5. The number of nitrogens with zero attached hydrogens (tertiary/aromatic N) is 2. The van der Waals surface area contributed by atoms with Crippen LogP contribution >= 0.6 is 11.6 Å². The van der Waals surface area contributed by atoms with Crippen LogP contribution in [0.2, 0.25) is 5.02 Å². The summed E-state index contributed by atoms with van der Waals surface area (Å²) in [7, 11) is -3.95. The highest BCUT2D eigenvalue weighted by Crippen LogP contribution is 2.63. The van der Waals surface area contributed by atoms with Gasteiger partial charge in [0.25, 0.3) is 0 Å². The van der Waals surface area contributed by atoms with E-state index in [-0.39, 0.29) is 4.90 Å². The fraction of sp³-hybridized carbons (Fsp3) is 0.176. The van der Waals surface area contributed by atoms with Gasteiger partial charge in [-0.3, -0.25) is 0 Å². The Bertz CT molecular complexity index is 976. The number of sulfone groups is 1. The van der Waals surface area contributed by atoms with Gasteiger partial charge in [0.1, 0.15) is 11.1 Å². The van der Waals surface area contributed by atoms with Crippen molar-refractivity contribution in [1.82, 2.24) is 0 Å². The van der Waals surface area contributed by atoms with Gasteiger partial charge < -0.3 is 0 Å². The van der Waals surface area contributed by atoms with Crippen molar-refractivity contribution in [3.63, 3.8) is 0 Å². The lowest BCUT2D eigenvalue weighted by Crippen LogP contribution is -2.14. The van der Waals surface area contributed by atoms with Crippen molar-refractivity contribution in [1.29, 1.82) is 10.5 Å². The Kier molecular flexibility index (Phi) is 3.83. The number of benzene rings is 2. The molecule has 0 heterocycles. The number of hydrogen-bond donors (Lipinski definition) is 0. The molecule has 0 aliphatic heterocycles. The van der Waals surface area contributed by atoms with Gasteiger partial charge in [-0.1, -0.05) is 23.7 Å². The lowest BCUT2D eigenvalue weighted by atomic mass is 10.0. The van der Waals surface area contributed by atoms with Crippen LogP contribution in [0.4, 0.5) is 4.39 Å². The maximum atomic E-state index is 13.5. The molecular weight excluding hydrogens is 351 g/mol. The summed E-state index contributed by atoms with van der Waals surface area (Å²) >= 11 is 5.77. The Morgan fingerprint density at radius 1 is 1.08 bits per heavy atom. The number of halogens is 2. The van der Waals surface area contributed by atoms with E-state index in [0.29, 0.717) is 10.6 Å². The molecule has 1 aliphatic carbocycles. The van der Waals surface area contributed by atoms with Crippen LogP contribution in [-0.2, 0) is 9.84 Å². The maximum Gasteiger partial charge on any atom is 0.184 e. The first-order valence-electron chi connectivity index (χ1n) is 6.94. The molecule has 1 fully saturated rings.